The summed E-state index contributed by atoms with van der Waals surface area (Å²) in [4.78, 5) is 23.9. The van der Waals surface area contributed by atoms with Crippen molar-refractivity contribution in [3.63, 3.8) is 0 Å². The first kappa shape index (κ1) is 11.6. The van der Waals surface area contributed by atoms with Gasteiger partial charge in [0.05, 0.1) is 13.3 Å². The SMILES string of the molecule is COC(=O)/C(=C/N1CCCC1)OC(C)=O. The zero-order chi connectivity index (χ0) is 11.3. The van der Waals surface area contributed by atoms with Crippen molar-refractivity contribution in [2.24, 2.45) is 0 Å². The van der Waals surface area contributed by atoms with Crippen LogP contribution < -0.4 is 0 Å². The maximum atomic E-state index is 11.2. The molecule has 1 rings (SSSR count). The number of carbonyl (C=O) groups excluding carboxylic acids is 2. The fourth-order valence-corrected chi connectivity index (χ4v) is 1.41. The van der Waals surface area contributed by atoms with Gasteiger partial charge in [0, 0.05) is 20.0 Å². The second kappa shape index (κ2) is 5.38. The molecule has 1 heterocycles. The molecule has 0 aromatic heterocycles. The smallest absolute Gasteiger partial charge is 0.375 e. The summed E-state index contributed by atoms with van der Waals surface area (Å²) < 4.78 is 9.28. The number of nitrogens with zero attached hydrogens (tertiary/aromatic N) is 1. The van der Waals surface area contributed by atoms with Gasteiger partial charge in [-0.25, -0.2) is 4.79 Å². The lowest BCUT2D eigenvalue weighted by Gasteiger charge is -2.13. The third-order valence-electron chi connectivity index (χ3n) is 2.08. The number of ether oxygens (including phenoxy) is 2. The normalized spacial score (nSPS) is 16.4. The van der Waals surface area contributed by atoms with Gasteiger partial charge in [0.25, 0.3) is 0 Å². The van der Waals surface area contributed by atoms with Crippen molar-refractivity contribution in [2.45, 2.75) is 19.8 Å². The van der Waals surface area contributed by atoms with E-state index in [2.05, 4.69) is 4.74 Å². The lowest BCUT2D eigenvalue weighted by Crippen LogP contribution is -2.18. The van der Waals surface area contributed by atoms with E-state index in [1.807, 2.05) is 4.90 Å². The summed E-state index contributed by atoms with van der Waals surface area (Å²) in [5.41, 5.74) is 0. The first-order chi connectivity index (χ1) is 7.13. The molecule has 5 nitrogen and oxygen atoms in total. The van der Waals surface area contributed by atoms with E-state index < -0.39 is 11.9 Å². The number of likely N-dealkylation sites (tertiary alicyclic amines) is 1. The number of carbonyl (C=O) groups is 2. The Hall–Kier alpha value is -1.52. The molecule has 0 aromatic rings. The first-order valence-corrected chi connectivity index (χ1v) is 4.86. The summed E-state index contributed by atoms with van der Waals surface area (Å²) >= 11 is 0. The molecule has 0 amide bonds. The van der Waals surface area contributed by atoms with Crippen LogP contribution in [0.4, 0.5) is 0 Å². The van der Waals surface area contributed by atoms with Crippen molar-refractivity contribution in [3.05, 3.63) is 12.0 Å². The van der Waals surface area contributed by atoms with Crippen LogP contribution in [0.3, 0.4) is 0 Å². The second-order valence-electron chi connectivity index (χ2n) is 3.32. The van der Waals surface area contributed by atoms with Gasteiger partial charge in [-0.15, -0.1) is 0 Å². The Morgan fingerprint density at radius 2 is 1.87 bits per heavy atom. The number of rotatable bonds is 3. The molecule has 0 aromatic carbocycles. The summed E-state index contributed by atoms with van der Waals surface area (Å²) in [5.74, 6) is -1.20. The average molecular weight is 213 g/mol. The van der Waals surface area contributed by atoms with Gasteiger partial charge in [-0.3, -0.25) is 4.79 Å². The summed E-state index contributed by atoms with van der Waals surface area (Å²) in [6.07, 6.45) is 3.72. The minimum atomic E-state index is -0.628. The molecule has 0 atom stereocenters. The Morgan fingerprint density at radius 3 is 2.33 bits per heavy atom. The molecule has 0 radical (unpaired) electrons. The zero-order valence-corrected chi connectivity index (χ0v) is 8.99. The lowest BCUT2D eigenvalue weighted by atomic mass is 10.4. The number of hydrogen-bond donors (Lipinski definition) is 0. The highest BCUT2D eigenvalue weighted by atomic mass is 16.6. The lowest BCUT2D eigenvalue weighted by molar-refractivity contribution is -0.148. The molecule has 1 aliphatic heterocycles. The quantitative estimate of drug-likeness (QED) is 0.391. The highest BCUT2D eigenvalue weighted by molar-refractivity contribution is 5.88. The molecule has 0 spiro atoms. The van der Waals surface area contributed by atoms with Crippen molar-refractivity contribution in [1.82, 2.24) is 4.90 Å². The number of methoxy groups -OCH3 is 1. The van der Waals surface area contributed by atoms with Crippen LogP contribution in [-0.2, 0) is 19.1 Å². The van der Waals surface area contributed by atoms with Gasteiger partial charge in [0.2, 0.25) is 5.76 Å². The van der Waals surface area contributed by atoms with E-state index in [0.29, 0.717) is 0 Å². The zero-order valence-electron chi connectivity index (χ0n) is 8.99. The summed E-state index contributed by atoms with van der Waals surface area (Å²) in [7, 11) is 1.25. The van der Waals surface area contributed by atoms with Crippen LogP contribution in [0.25, 0.3) is 0 Å². The third kappa shape index (κ3) is 3.61. The van der Waals surface area contributed by atoms with Crippen molar-refractivity contribution in [1.29, 1.82) is 0 Å². The van der Waals surface area contributed by atoms with E-state index in [1.54, 1.807) is 6.20 Å². The summed E-state index contributed by atoms with van der Waals surface area (Å²) in [6, 6.07) is 0. The van der Waals surface area contributed by atoms with Crippen molar-refractivity contribution in [3.8, 4) is 0 Å². The number of hydrogen-bond acceptors (Lipinski definition) is 5. The van der Waals surface area contributed by atoms with Crippen LogP contribution >= 0.6 is 0 Å². The minimum Gasteiger partial charge on any atom is -0.463 e. The molecule has 0 bridgehead atoms. The van der Waals surface area contributed by atoms with E-state index in [1.165, 1.54) is 14.0 Å². The van der Waals surface area contributed by atoms with Crippen molar-refractivity contribution < 1.29 is 19.1 Å². The van der Waals surface area contributed by atoms with E-state index in [0.717, 1.165) is 25.9 Å². The largest absolute Gasteiger partial charge is 0.463 e. The van der Waals surface area contributed by atoms with Gasteiger partial charge >= 0.3 is 11.9 Å². The first-order valence-electron chi connectivity index (χ1n) is 4.86. The van der Waals surface area contributed by atoms with Crippen LogP contribution in [0.2, 0.25) is 0 Å². The predicted molar refractivity (Wildman–Crippen MR) is 52.7 cm³/mol. The molecule has 84 valence electrons. The van der Waals surface area contributed by atoms with E-state index in [-0.39, 0.29) is 5.76 Å². The van der Waals surface area contributed by atoms with Crippen molar-refractivity contribution in [2.75, 3.05) is 20.2 Å². The fraction of sp³-hybridized carbons (Fsp3) is 0.600. The summed E-state index contributed by atoms with van der Waals surface area (Å²) in [5, 5.41) is 0. The van der Waals surface area contributed by atoms with Crippen LogP contribution in [0.1, 0.15) is 19.8 Å². The predicted octanol–water partition coefficient (Wildman–Crippen LogP) is 0.660. The molecule has 5 heteroatoms. The van der Waals surface area contributed by atoms with Gasteiger partial charge in [-0.05, 0) is 12.8 Å². The molecule has 0 unspecified atom stereocenters. The third-order valence-corrected chi connectivity index (χ3v) is 2.08. The number of esters is 2. The molecule has 1 saturated heterocycles. The van der Waals surface area contributed by atoms with E-state index in [4.69, 9.17) is 4.74 Å². The maximum absolute atomic E-state index is 11.2. The van der Waals surface area contributed by atoms with Crippen LogP contribution in [0.15, 0.2) is 12.0 Å². The second-order valence-corrected chi connectivity index (χ2v) is 3.32. The molecule has 1 fully saturated rings. The maximum Gasteiger partial charge on any atom is 0.375 e. The molecular formula is C10H15NO4. The van der Waals surface area contributed by atoms with Crippen LogP contribution in [-0.4, -0.2) is 37.0 Å². The monoisotopic (exact) mass is 213 g/mol. The fourth-order valence-electron chi connectivity index (χ4n) is 1.41. The molecule has 1 aliphatic rings. The Kier molecular flexibility index (Phi) is 4.15. The molecule has 0 saturated carbocycles. The highest BCUT2D eigenvalue weighted by Crippen LogP contribution is 2.11. The Labute approximate surface area is 88.6 Å². The van der Waals surface area contributed by atoms with Crippen LogP contribution in [0, 0.1) is 0 Å². The highest BCUT2D eigenvalue weighted by Gasteiger charge is 2.17. The van der Waals surface area contributed by atoms with E-state index >= 15 is 0 Å². The molecular weight excluding hydrogens is 198 g/mol. The molecule has 15 heavy (non-hydrogen) atoms. The van der Waals surface area contributed by atoms with Crippen LogP contribution in [0.5, 0.6) is 0 Å². The summed E-state index contributed by atoms with van der Waals surface area (Å²) in [6.45, 7) is 3.00. The molecule has 0 aliphatic carbocycles. The Morgan fingerprint density at radius 1 is 1.27 bits per heavy atom. The van der Waals surface area contributed by atoms with Gasteiger partial charge in [-0.2, -0.15) is 0 Å². The van der Waals surface area contributed by atoms with Gasteiger partial charge in [0.1, 0.15) is 0 Å². The molecule has 0 N–H and O–H groups in total. The van der Waals surface area contributed by atoms with Crippen molar-refractivity contribution >= 4 is 11.9 Å². The minimum absolute atomic E-state index is 0.0492. The van der Waals surface area contributed by atoms with Gasteiger partial charge in [0.15, 0.2) is 0 Å². The Balaban J connectivity index is 2.69. The van der Waals surface area contributed by atoms with Gasteiger partial charge < -0.3 is 14.4 Å². The van der Waals surface area contributed by atoms with Gasteiger partial charge in [-0.1, -0.05) is 0 Å². The Bertz CT molecular complexity index is 279. The van der Waals surface area contributed by atoms with E-state index in [9.17, 15) is 9.59 Å². The standard InChI is InChI=1S/C10H15NO4/c1-8(12)15-9(10(13)14-2)7-11-5-3-4-6-11/h7H,3-6H2,1-2H3/b9-7-. The average Bonchev–Trinajstić information content (AvgIpc) is 2.67. The topological polar surface area (TPSA) is 55.8 Å².